The van der Waals surface area contributed by atoms with Crippen molar-refractivity contribution in [3.63, 3.8) is 0 Å². The zero-order valence-corrected chi connectivity index (χ0v) is 37.5. The first kappa shape index (κ1) is 50.9. The van der Waals surface area contributed by atoms with Crippen molar-refractivity contribution in [2.75, 3.05) is 40.4 Å². The number of pyridine rings is 2. The highest BCUT2D eigenvalue weighted by molar-refractivity contribution is 6.32. The summed E-state index contributed by atoms with van der Waals surface area (Å²) < 4.78 is 24.0. The van der Waals surface area contributed by atoms with Gasteiger partial charge in [0.25, 0.3) is 0 Å². The molecule has 8 N–H and O–H groups in total. The van der Waals surface area contributed by atoms with E-state index >= 15 is 0 Å². The van der Waals surface area contributed by atoms with Gasteiger partial charge in [0.15, 0.2) is 0 Å². The Hall–Kier alpha value is -5.76. The Balaban J connectivity index is 1.51. The molecule has 20 heteroatoms. The van der Waals surface area contributed by atoms with E-state index in [1.54, 1.807) is 12.1 Å². The maximum Gasteiger partial charge on any atom is 0.306 e. The molecule has 346 valence electrons. The summed E-state index contributed by atoms with van der Waals surface area (Å²) in [6.45, 7) is 4.44. The summed E-state index contributed by atoms with van der Waals surface area (Å²) in [6, 6.07) is 14.9. The average Bonchev–Trinajstić information content (AvgIpc) is 3.24. The molecule has 0 saturated carbocycles. The molecule has 2 aromatic heterocycles. The summed E-state index contributed by atoms with van der Waals surface area (Å²) in [4.78, 5) is 54.6. The predicted molar refractivity (Wildman–Crippen MR) is 237 cm³/mol. The second-order valence-electron chi connectivity index (χ2n) is 14.5. The number of nitrogens with one attached hydrogen (secondary N) is 4. The lowest BCUT2D eigenvalue weighted by Crippen LogP contribution is -2.28. The first-order chi connectivity index (χ1) is 30.6. The number of ether oxygens (including phenoxy) is 4. The van der Waals surface area contributed by atoms with Crippen LogP contribution in [0.2, 0.25) is 10.0 Å². The number of carbonyl (C=O) groups excluding carboxylic acids is 2. The number of halogens is 2. The number of carboxylic acid groups (broad SMARTS) is 2. The number of carboxylic acids is 2. The van der Waals surface area contributed by atoms with Gasteiger partial charge in [0, 0.05) is 51.4 Å². The summed E-state index contributed by atoms with van der Waals surface area (Å²) in [7, 11) is 3.04. The van der Waals surface area contributed by atoms with Gasteiger partial charge in [-0.2, -0.15) is 9.97 Å². The second-order valence-corrected chi connectivity index (χ2v) is 15.4. The van der Waals surface area contributed by atoms with Gasteiger partial charge < -0.3 is 60.6 Å². The average molecular weight is 930 g/mol. The standard InChI is InChI=1S/C44H54Cl2N6O12/c1-25-27(23-63-43-35(45)15-29(19-49-21-31(53)17-39(57)58)41(51-43)61-13-11-37(55)47-3)7-5-9-33(25)34-10-6-8-28(26(34)2)24-64-44-36(46)16-30(20-50-22-32(54)18-40(59)60)42(52-44)62-14-12-38(56)48-4/h5-10,15-16,31-32,49-50,53-54H,11-14,17-24H2,1-4H3,(H,47,55)(H,48,56)(H,57,58)(H,59,60)/t31-,32-/m0/s1. The molecule has 4 rings (SSSR count). The van der Waals surface area contributed by atoms with Gasteiger partial charge in [-0.25, -0.2) is 0 Å². The van der Waals surface area contributed by atoms with Gasteiger partial charge >= 0.3 is 11.9 Å². The summed E-state index contributed by atoms with van der Waals surface area (Å²) in [5.74, 6) is -2.21. The minimum absolute atomic E-state index is 0.00443. The first-order valence-electron chi connectivity index (χ1n) is 20.3. The molecule has 0 aliphatic rings. The molecule has 0 bridgehead atoms. The number of aromatic nitrogens is 2. The minimum atomic E-state index is -1.13. The fourth-order valence-corrected chi connectivity index (χ4v) is 6.73. The lowest BCUT2D eigenvalue weighted by Gasteiger charge is -2.18. The van der Waals surface area contributed by atoms with E-state index in [2.05, 4.69) is 31.2 Å². The summed E-state index contributed by atoms with van der Waals surface area (Å²) >= 11 is 13.3. The van der Waals surface area contributed by atoms with Gasteiger partial charge in [-0.15, -0.1) is 0 Å². The monoisotopic (exact) mass is 928 g/mol. The normalized spacial score (nSPS) is 11.9. The Morgan fingerprint density at radius 2 is 1.00 bits per heavy atom. The van der Waals surface area contributed by atoms with E-state index in [-0.39, 0.29) is 111 Å². The highest BCUT2D eigenvalue weighted by Crippen LogP contribution is 2.34. The SMILES string of the molecule is CNC(=O)CCOc1nc(OCc2cccc(-c3cccc(COc4nc(OCCC(=O)NC)c(CNC[C@@H](O)CC(=O)O)cc4Cl)c3C)c2C)c(Cl)cc1CNC[C@@H](O)CC(=O)O. The number of amides is 2. The van der Waals surface area contributed by atoms with Crippen molar-refractivity contribution < 1.29 is 58.6 Å². The third-order valence-corrected chi connectivity index (χ3v) is 10.3. The van der Waals surface area contributed by atoms with Crippen molar-refractivity contribution in [2.24, 2.45) is 0 Å². The van der Waals surface area contributed by atoms with Crippen molar-refractivity contribution in [2.45, 2.75) is 78.0 Å². The Morgan fingerprint density at radius 3 is 1.36 bits per heavy atom. The van der Waals surface area contributed by atoms with Crippen molar-refractivity contribution in [3.05, 3.63) is 92.0 Å². The topological polar surface area (TPSA) is 260 Å². The third kappa shape index (κ3) is 15.8. The maximum absolute atomic E-state index is 11.9. The van der Waals surface area contributed by atoms with Crippen molar-refractivity contribution in [3.8, 4) is 34.6 Å². The number of carbonyl (C=O) groups is 4. The number of aliphatic hydroxyl groups is 2. The minimum Gasteiger partial charge on any atom is -0.481 e. The molecule has 0 unspecified atom stereocenters. The highest BCUT2D eigenvalue weighted by atomic mass is 35.5. The molecule has 2 heterocycles. The number of hydrogen-bond donors (Lipinski definition) is 8. The Morgan fingerprint density at radius 1 is 0.609 bits per heavy atom. The van der Waals surface area contributed by atoms with Crippen molar-refractivity contribution in [1.29, 1.82) is 0 Å². The molecular weight excluding hydrogens is 875 g/mol. The van der Waals surface area contributed by atoms with Crippen LogP contribution in [0.4, 0.5) is 0 Å². The van der Waals surface area contributed by atoms with Crippen LogP contribution in [0.15, 0.2) is 48.5 Å². The van der Waals surface area contributed by atoms with Gasteiger partial charge in [-0.05, 0) is 59.4 Å². The zero-order valence-electron chi connectivity index (χ0n) is 36.0. The molecule has 2 aromatic carbocycles. The fraction of sp³-hybridized carbons (Fsp3) is 0.409. The smallest absolute Gasteiger partial charge is 0.306 e. The van der Waals surface area contributed by atoms with Crippen LogP contribution >= 0.6 is 23.2 Å². The van der Waals surface area contributed by atoms with E-state index < -0.39 is 37.0 Å². The number of hydrogen-bond acceptors (Lipinski definition) is 14. The molecule has 0 spiro atoms. The van der Waals surface area contributed by atoms with Crippen LogP contribution in [0, 0.1) is 13.8 Å². The second kappa shape index (κ2) is 25.5. The van der Waals surface area contributed by atoms with Crippen LogP contribution in [-0.4, -0.2) is 107 Å². The molecule has 0 radical (unpaired) electrons. The molecule has 0 aliphatic carbocycles. The molecule has 4 aromatic rings. The van der Waals surface area contributed by atoms with E-state index in [9.17, 15) is 29.4 Å². The Kier molecular flexibility index (Phi) is 20.3. The Bertz CT molecular complexity index is 2090. The highest BCUT2D eigenvalue weighted by Gasteiger charge is 2.19. The molecule has 0 saturated heterocycles. The maximum atomic E-state index is 11.9. The molecular formula is C44H54Cl2N6O12. The van der Waals surface area contributed by atoms with Crippen LogP contribution < -0.4 is 40.2 Å². The van der Waals surface area contributed by atoms with E-state index in [4.69, 9.17) is 52.4 Å². The van der Waals surface area contributed by atoms with Gasteiger partial charge in [-0.1, -0.05) is 59.6 Å². The summed E-state index contributed by atoms with van der Waals surface area (Å²) in [6.07, 6.45) is -2.93. The molecule has 0 fully saturated rings. The quantitative estimate of drug-likeness (QED) is 0.0419. The van der Waals surface area contributed by atoms with Gasteiger partial charge in [0.1, 0.15) is 23.3 Å². The van der Waals surface area contributed by atoms with E-state index in [0.717, 1.165) is 33.4 Å². The number of aliphatic hydroxyl groups excluding tert-OH is 2. The van der Waals surface area contributed by atoms with E-state index in [1.807, 2.05) is 50.2 Å². The van der Waals surface area contributed by atoms with Gasteiger partial charge in [0.2, 0.25) is 35.3 Å². The largest absolute Gasteiger partial charge is 0.481 e. The van der Waals surface area contributed by atoms with Crippen LogP contribution in [0.25, 0.3) is 11.1 Å². The number of rotatable bonds is 27. The first-order valence-corrected chi connectivity index (χ1v) is 21.0. The summed E-state index contributed by atoms with van der Waals surface area (Å²) in [5, 5.41) is 49.3. The third-order valence-electron chi connectivity index (χ3n) is 9.78. The van der Waals surface area contributed by atoms with Crippen LogP contribution in [0.5, 0.6) is 23.5 Å². The van der Waals surface area contributed by atoms with Crippen molar-refractivity contribution in [1.82, 2.24) is 31.2 Å². The van der Waals surface area contributed by atoms with Gasteiger partial charge in [-0.3, -0.25) is 19.2 Å². The molecule has 18 nitrogen and oxygen atoms in total. The molecule has 64 heavy (non-hydrogen) atoms. The van der Waals surface area contributed by atoms with Crippen LogP contribution in [-0.2, 0) is 45.5 Å². The molecule has 2 amide bonds. The number of aliphatic carboxylic acids is 2. The lowest BCUT2D eigenvalue weighted by atomic mass is 9.92. The number of benzene rings is 2. The van der Waals surface area contributed by atoms with E-state index in [0.29, 0.717) is 11.1 Å². The van der Waals surface area contributed by atoms with Gasteiger partial charge in [0.05, 0.1) is 51.1 Å². The fourth-order valence-electron chi connectivity index (χ4n) is 6.27. The van der Waals surface area contributed by atoms with Crippen molar-refractivity contribution >= 4 is 47.0 Å². The lowest BCUT2D eigenvalue weighted by molar-refractivity contribution is -0.140. The van der Waals surface area contributed by atoms with E-state index in [1.165, 1.54) is 14.1 Å². The van der Waals surface area contributed by atoms with Crippen LogP contribution in [0.1, 0.15) is 59.1 Å². The number of nitrogens with zero attached hydrogens (tertiary/aromatic N) is 2. The molecule has 2 atom stereocenters. The Labute approximate surface area is 380 Å². The molecule has 0 aliphatic heterocycles. The summed E-state index contributed by atoms with van der Waals surface area (Å²) in [5.41, 5.74) is 6.48. The predicted octanol–water partition coefficient (Wildman–Crippen LogP) is 4.11. The zero-order chi connectivity index (χ0) is 46.8. The van der Waals surface area contributed by atoms with Crippen LogP contribution in [0.3, 0.4) is 0 Å².